The molecule has 0 amide bonds. The number of H-pyrrole nitrogens is 1. The van der Waals surface area contributed by atoms with Crippen molar-refractivity contribution in [1.82, 2.24) is 19.8 Å². The average molecular weight is 264 g/mol. The van der Waals surface area contributed by atoms with E-state index in [4.69, 9.17) is 12.2 Å². The van der Waals surface area contributed by atoms with Gasteiger partial charge in [0.15, 0.2) is 0 Å². The van der Waals surface area contributed by atoms with Gasteiger partial charge in [-0.25, -0.2) is 4.98 Å². The van der Waals surface area contributed by atoms with E-state index in [-0.39, 0.29) is 0 Å². The zero-order valence-corrected chi connectivity index (χ0v) is 11.9. The molecule has 18 heavy (non-hydrogen) atoms. The van der Waals surface area contributed by atoms with E-state index in [2.05, 4.69) is 33.6 Å². The Bertz CT molecular complexity index is 502. The number of fused-ring (bicyclic) bond motifs is 3. The van der Waals surface area contributed by atoms with Gasteiger partial charge in [-0.3, -0.25) is 9.80 Å². The minimum atomic E-state index is 0.402. The molecule has 1 atom stereocenters. The Kier molecular flexibility index (Phi) is 3.21. The van der Waals surface area contributed by atoms with Crippen LogP contribution in [0, 0.1) is 11.6 Å². The Balaban J connectivity index is 1.95. The summed E-state index contributed by atoms with van der Waals surface area (Å²) in [6.07, 6.45) is 0.953. The van der Waals surface area contributed by atoms with Crippen LogP contribution in [0.4, 0.5) is 0 Å². The van der Waals surface area contributed by atoms with Crippen molar-refractivity contribution in [2.24, 2.45) is 0 Å². The highest BCUT2D eigenvalue weighted by Crippen LogP contribution is 2.27. The SMILES string of the molecule is CCc1c(C)[nH]c(C2CN3CCN2CC3)nc1=S. The molecular weight excluding hydrogens is 244 g/mol. The van der Waals surface area contributed by atoms with Crippen molar-refractivity contribution in [1.29, 1.82) is 0 Å². The normalized spacial score (nSPS) is 30.7. The quantitative estimate of drug-likeness (QED) is 0.824. The predicted molar refractivity (Wildman–Crippen MR) is 74.3 cm³/mol. The van der Waals surface area contributed by atoms with Gasteiger partial charge in [-0.05, 0) is 13.3 Å². The van der Waals surface area contributed by atoms with Crippen molar-refractivity contribution >= 4 is 12.2 Å². The zero-order valence-electron chi connectivity index (χ0n) is 11.1. The molecule has 0 spiro atoms. The van der Waals surface area contributed by atoms with E-state index in [0.29, 0.717) is 6.04 Å². The standard InChI is InChI=1S/C13H20N4S/c1-3-10-9(2)14-12(15-13(10)18)11-8-16-4-6-17(11)7-5-16/h11H,3-8H2,1-2H3,(H,14,15,18). The minimum absolute atomic E-state index is 0.402. The molecule has 3 aliphatic rings. The molecule has 1 unspecified atom stereocenters. The maximum Gasteiger partial charge on any atom is 0.133 e. The fraction of sp³-hybridized carbons (Fsp3) is 0.692. The molecule has 98 valence electrons. The van der Waals surface area contributed by atoms with E-state index >= 15 is 0 Å². The topological polar surface area (TPSA) is 35.2 Å². The van der Waals surface area contributed by atoms with Gasteiger partial charge >= 0.3 is 0 Å². The molecule has 4 nitrogen and oxygen atoms in total. The van der Waals surface area contributed by atoms with Crippen LogP contribution in [0.2, 0.25) is 0 Å². The number of hydrogen-bond donors (Lipinski definition) is 1. The van der Waals surface area contributed by atoms with Crippen LogP contribution in [-0.2, 0) is 6.42 Å². The minimum Gasteiger partial charge on any atom is -0.346 e. The summed E-state index contributed by atoms with van der Waals surface area (Å²) in [6, 6.07) is 0.402. The highest BCUT2D eigenvalue weighted by Gasteiger charge is 2.34. The Morgan fingerprint density at radius 2 is 2.06 bits per heavy atom. The molecule has 2 bridgehead atoms. The third kappa shape index (κ3) is 2.00. The Morgan fingerprint density at radius 1 is 1.33 bits per heavy atom. The fourth-order valence-electron chi connectivity index (χ4n) is 3.08. The number of aryl methyl sites for hydroxylation is 1. The second kappa shape index (κ2) is 4.72. The molecule has 1 aromatic rings. The number of rotatable bonds is 2. The number of aromatic amines is 1. The van der Waals surface area contributed by atoms with E-state index in [9.17, 15) is 0 Å². The second-order valence-electron chi connectivity index (χ2n) is 5.24. The second-order valence-corrected chi connectivity index (χ2v) is 5.62. The molecule has 0 radical (unpaired) electrons. The van der Waals surface area contributed by atoms with Crippen LogP contribution in [0.3, 0.4) is 0 Å². The first-order valence-corrected chi connectivity index (χ1v) is 7.16. The van der Waals surface area contributed by atoms with E-state index in [0.717, 1.165) is 36.5 Å². The zero-order chi connectivity index (χ0) is 12.7. The summed E-state index contributed by atoms with van der Waals surface area (Å²) in [6.45, 7) is 10.0. The van der Waals surface area contributed by atoms with Crippen molar-refractivity contribution in [3.63, 3.8) is 0 Å². The van der Waals surface area contributed by atoms with Crippen LogP contribution >= 0.6 is 12.2 Å². The van der Waals surface area contributed by atoms with E-state index in [1.54, 1.807) is 0 Å². The van der Waals surface area contributed by atoms with Crippen molar-refractivity contribution in [3.05, 3.63) is 21.7 Å². The lowest BCUT2D eigenvalue weighted by molar-refractivity contribution is 0.00852. The summed E-state index contributed by atoms with van der Waals surface area (Å²) in [5.41, 5.74) is 2.37. The van der Waals surface area contributed by atoms with E-state index in [1.807, 2.05) is 0 Å². The Labute approximate surface area is 113 Å². The summed E-state index contributed by atoms with van der Waals surface area (Å²) in [5.74, 6) is 1.05. The molecule has 4 heterocycles. The van der Waals surface area contributed by atoms with E-state index < -0.39 is 0 Å². The average Bonchev–Trinajstić information content (AvgIpc) is 2.39. The van der Waals surface area contributed by atoms with Gasteiger partial charge in [-0.1, -0.05) is 19.1 Å². The first-order chi connectivity index (χ1) is 8.69. The number of aromatic nitrogens is 2. The van der Waals surface area contributed by atoms with Crippen LogP contribution in [0.5, 0.6) is 0 Å². The van der Waals surface area contributed by atoms with Crippen LogP contribution in [0.25, 0.3) is 0 Å². The molecule has 1 N–H and O–H groups in total. The Hall–Kier alpha value is -0.780. The van der Waals surface area contributed by atoms with Gasteiger partial charge in [0.2, 0.25) is 0 Å². The maximum absolute atomic E-state index is 5.42. The van der Waals surface area contributed by atoms with Gasteiger partial charge in [0, 0.05) is 44.0 Å². The van der Waals surface area contributed by atoms with Crippen molar-refractivity contribution in [3.8, 4) is 0 Å². The highest BCUT2D eigenvalue weighted by molar-refractivity contribution is 7.71. The molecular formula is C13H20N4S. The lowest BCUT2D eigenvalue weighted by Gasteiger charge is -2.46. The van der Waals surface area contributed by atoms with Gasteiger partial charge in [0.25, 0.3) is 0 Å². The van der Waals surface area contributed by atoms with Crippen molar-refractivity contribution < 1.29 is 0 Å². The van der Waals surface area contributed by atoms with Crippen LogP contribution in [-0.4, -0.2) is 52.5 Å². The summed E-state index contributed by atoms with van der Waals surface area (Å²) in [4.78, 5) is 13.2. The molecule has 4 rings (SSSR count). The van der Waals surface area contributed by atoms with Gasteiger partial charge in [-0.2, -0.15) is 0 Å². The van der Waals surface area contributed by atoms with Crippen molar-refractivity contribution in [2.45, 2.75) is 26.3 Å². The summed E-state index contributed by atoms with van der Waals surface area (Å²) >= 11 is 5.42. The van der Waals surface area contributed by atoms with Gasteiger partial charge in [0.05, 0.1) is 6.04 Å². The molecule has 3 fully saturated rings. The van der Waals surface area contributed by atoms with Gasteiger partial charge in [0.1, 0.15) is 10.5 Å². The molecule has 5 heteroatoms. The fourth-order valence-corrected chi connectivity index (χ4v) is 3.48. The molecule has 0 aromatic carbocycles. The number of nitrogens with zero attached hydrogens (tertiary/aromatic N) is 3. The third-order valence-electron chi connectivity index (χ3n) is 4.20. The first kappa shape index (κ1) is 12.3. The lowest BCUT2D eigenvalue weighted by atomic mass is 10.1. The summed E-state index contributed by atoms with van der Waals surface area (Å²) in [5, 5.41) is 0. The van der Waals surface area contributed by atoms with E-state index in [1.165, 1.54) is 24.3 Å². The number of piperazine rings is 3. The summed E-state index contributed by atoms with van der Waals surface area (Å²) in [7, 11) is 0. The van der Waals surface area contributed by atoms with Crippen LogP contribution in [0.1, 0.15) is 30.0 Å². The first-order valence-electron chi connectivity index (χ1n) is 6.75. The largest absolute Gasteiger partial charge is 0.346 e. The number of nitrogens with one attached hydrogen (secondary N) is 1. The summed E-state index contributed by atoms with van der Waals surface area (Å²) < 4.78 is 0.779. The molecule has 3 aliphatic heterocycles. The van der Waals surface area contributed by atoms with Crippen LogP contribution in [0.15, 0.2) is 0 Å². The molecule has 1 aromatic heterocycles. The molecule has 0 saturated carbocycles. The van der Waals surface area contributed by atoms with Gasteiger partial charge < -0.3 is 4.98 Å². The van der Waals surface area contributed by atoms with Gasteiger partial charge in [-0.15, -0.1) is 0 Å². The number of hydrogen-bond acceptors (Lipinski definition) is 4. The van der Waals surface area contributed by atoms with Crippen molar-refractivity contribution in [2.75, 3.05) is 32.7 Å². The van der Waals surface area contributed by atoms with Crippen LogP contribution < -0.4 is 0 Å². The molecule has 0 aliphatic carbocycles. The monoisotopic (exact) mass is 264 g/mol. The Morgan fingerprint density at radius 3 is 2.56 bits per heavy atom. The third-order valence-corrected chi connectivity index (χ3v) is 4.53. The maximum atomic E-state index is 5.42. The highest BCUT2D eigenvalue weighted by atomic mass is 32.1. The smallest absolute Gasteiger partial charge is 0.133 e. The lowest BCUT2D eigenvalue weighted by Crippen LogP contribution is -2.57. The predicted octanol–water partition coefficient (Wildman–Crippen LogP) is 1.68. The molecule has 3 saturated heterocycles.